The number of anilines is 1. The van der Waals surface area contributed by atoms with Gasteiger partial charge in [0.05, 0.1) is 0 Å². The zero-order valence-corrected chi connectivity index (χ0v) is 13.8. The van der Waals surface area contributed by atoms with E-state index in [1.54, 1.807) is 0 Å². The van der Waals surface area contributed by atoms with Crippen LogP contribution < -0.4 is 5.32 Å². The van der Waals surface area contributed by atoms with Crippen molar-refractivity contribution in [3.63, 3.8) is 0 Å². The fourth-order valence-electron chi connectivity index (χ4n) is 2.72. The average molecular weight is 289 g/mol. The zero-order valence-electron chi connectivity index (χ0n) is 13.8. The van der Waals surface area contributed by atoms with Gasteiger partial charge in [-0.25, -0.2) is 4.98 Å². The van der Waals surface area contributed by atoms with Gasteiger partial charge in [0.1, 0.15) is 5.82 Å². The molecule has 1 aliphatic heterocycles. The van der Waals surface area contributed by atoms with E-state index >= 15 is 0 Å². The lowest BCUT2D eigenvalue weighted by Gasteiger charge is -2.18. The molecular formula is C17H27N3O. The molecule has 0 spiro atoms. The van der Waals surface area contributed by atoms with Crippen LogP contribution in [0.4, 0.5) is 5.82 Å². The smallest absolute Gasteiger partial charge is 0.254 e. The molecule has 21 heavy (non-hydrogen) atoms. The van der Waals surface area contributed by atoms with Crippen LogP contribution in [0.25, 0.3) is 0 Å². The molecule has 1 aromatic heterocycles. The zero-order chi connectivity index (χ0) is 15.6. The first kappa shape index (κ1) is 15.8. The van der Waals surface area contributed by atoms with E-state index in [0.717, 1.165) is 36.7 Å². The number of nitrogens with one attached hydrogen (secondary N) is 1. The Labute approximate surface area is 127 Å². The summed E-state index contributed by atoms with van der Waals surface area (Å²) in [4.78, 5) is 19.3. The summed E-state index contributed by atoms with van der Waals surface area (Å²) < 4.78 is 0. The van der Waals surface area contributed by atoms with Crippen LogP contribution in [0.3, 0.4) is 0 Å². The fourth-order valence-corrected chi connectivity index (χ4v) is 2.72. The molecule has 1 amide bonds. The lowest BCUT2D eigenvalue weighted by molar-refractivity contribution is 0.0785. The maximum Gasteiger partial charge on any atom is 0.254 e. The van der Waals surface area contributed by atoms with Crippen molar-refractivity contribution in [2.45, 2.75) is 40.5 Å². The summed E-state index contributed by atoms with van der Waals surface area (Å²) in [5.41, 5.74) is 1.73. The third kappa shape index (κ3) is 3.55. The Hall–Kier alpha value is -1.58. The molecule has 1 aromatic rings. The van der Waals surface area contributed by atoms with Crippen molar-refractivity contribution in [3.8, 4) is 0 Å². The number of nitrogens with zero attached hydrogens (tertiary/aromatic N) is 2. The topological polar surface area (TPSA) is 45.2 Å². The Bertz CT molecular complexity index is 503. The molecule has 4 nitrogen and oxygen atoms in total. The summed E-state index contributed by atoms with van der Waals surface area (Å²) in [6.45, 7) is 13.2. The SMILES string of the molecule is CCNc1cc(C(=O)N2CC(C)C(C)C2)cc(C(C)C)n1. The number of likely N-dealkylation sites (tertiary alicyclic amines) is 1. The van der Waals surface area contributed by atoms with Crippen LogP contribution in [0.2, 0.25) is 0 Å². The molecule has 1 saturated heterocycles. The normalized spacial score (nSPS) is 21.9. The van der Waals surface area contributed by atoms with Gasteiger partial charge < -0.3 is 10.2 Å². The van der Waals surface area contributed by atoms with E-state index < -0.39 is 0 Å². The number of rotatable bonds is 4. The van der Waals surface area contributed by atoms with Crippen LogP contribution in [0.15, 0.2) is 12.1 Å². The summed E-state index contributed by atoms with van der Waals surface area (Å²) in [5.74, 6) is 2.40. The molecule has 0 aromatic carbocycles. The average Bonchev–Trinajstić information content (AvgIpc) is 2.78. The quantitative estimate of drug-likeness (QED) is 0.924. The second kappa shape index (κ2) is 6.46. The maximum atomic E-state index is 12.7. The largest absolute Gasteiger partial charge is 0.370 e. The molecule has 2 heterocycles. The van der Waals surface area contributed by atoms with Gasteiger partial charge in [0.25, 0.3) is 5.91 Å². The summed E-state index contributed by atoms with van der Waals surface area (Å²) in [6, 6.07) is 3.83. The van der Waals surface area contributed by atoms with Gasteiger partial charge in [-0.2, -0.15) is 0 Å². The number of hydrogen-bond acceptors (Lipinski definition) is 3. The molecular weight excluding hydrogens is 262 g/mol. The Morgan fingerprint density at radius 2 is 1.95 bits per heavy atom. The molecule has 2 atom stereocenters. The van der Waals surface area contributed by atoms with Crippen molar-refractivity contribution in [1.82, 2.24) is 9.88 Å². The highest BCUT2D eigenvalue weighted by molar-refractivity contribution is 5.95. The highest BCUT2D eigenvalue weighted by Gasteiger charge is 2.30. The first-order valence-electron chi connectivity index (χ1n) is 7.97. The van der Waals surface area contributed by atoms with Crippen molar-refractivity contribution in [1.29, 1.82) is 0 Å². The highest BCUT2D eigenvalue weighted by atomic mass is 16.2. The molecule has 1 fully saturated rings. The lowest BCUT2D eigenvalue weighted by atomic mass is 10.0. The van der Waals surface area contributed by atoms with Gasteiger partial charge in [0.15, 0.2) is 0 Å². The highest BCUT2D eigenvalue weighted by Crippen LogP contribution is 2.25. The number of carbonyl (C=O) groups excluding carboxylic acids is 1. The van der Waals surface area contributed by atoms with E-state index in [4.69, 9.17) is 0 Å². The van der Waals surface area contributed by atoms with E-state index in [9.17, 15) is 4.79 Å². The number of hydrogen-bond donors (Lipinski definition) is 1. The predicted molar refractivity (Wildman–Crippen MR) is 86.7 cm³/mol. The summed E-state index contributed by atoms with van der Waals surface area (Å²) in [7, 11) is 0. The van der Waals surface area contributed by atoms with E-state index in [2.05, 4.69) is 38.0 Å². The van der Waals surface area contributed by atoms with Gasteiger partial charge in [-0.05, 0) is 36.8 Å². The second-order valence-electron chi connectivity index (χ2n) is 6.52. The van der Waals surface area contributed by atoms with Crippen LogP contribution in [0.5, 0.6) is 0 Å². The molecule has 1 aliphatic rings. The van der Waals surface area contributed by atoms with E-state index in [-0.39, 0.29) is 5.91 Å². The summed E-state index contributed by atoms with van der Waals surface area (Å²) >= 11 is 0. The number of pyridine rings is 1. The molecule has 1 N–H and O–H groups in total. The third-order valence-corrected chi connectivity index (χ3v) is 4.32. The monoisotopic (exact) mass is 289 g/mol. The number of amides is 1. The third-order valence-electron chi connectivity index (χ3n) is 4.32. The summed E-state index contributed by atoms with van der Waals surface area (Å²) in [6.07, 6.45) is 0. The second-order valence-corrected chi connectivity index (χ2v) is 6.52. The van der Waals surface area contributed by atoms with Gasteiger partial charge in [0.2, 0.25) is 0 Å². The molecule has 0 saturated carbocycles. The van der Waals surface area contributed by atoms with Crippen LogP contribution in [0.1, 0.15) is 56.6 Å². The van der Waals surface area contributed by atoms with Gasteiger partial charge >= 0.3 is 0 Å². The fraction of sp³-hybridized carbons (Fsp3) is 0.647. The lowest BCUT2D eigenvalue weighted by Crippen LogP contribution is -2.29. The summed E-state index contributed by atoms with van der Waals surface area (Å²) in [5, 5.41) is 3.22. The van der Waals surface area contributed by atoms with Crippen LogP contribution in [0, 0.1) is 11.8 Å². The molecule has 0 bridgehead atoms. The van der Waals surface area contributed by atoms with Gasteiger partial charge in [-0.15, -0.1) is 0 Å². The van der Waals surface area contributed by atoms with Gasteiger partial charge in [-0.3, -0.25) is 4.79 Å². The maximum absolute atomic E-state index is 12.7. The Balaban J connectivity index is 2.27. The van der Waals surface area contributed by atoms with Gasteiger partial charge in [0, 0.05) is 30.9 Å². The molecule has 2 rings (SSSR count). The van der Waals surface area contributed by atoms with Gasteiger partial charge in [-0.1, -0.05) is 27.7 Å². The predicted octanol–water partition coefficient (Wildman–Crippen LogP) is 3.36. The van der Waals surface area contributed by atoms with E-state index in [0.29, 0.717) is 17.8 Å². The van der Waals surface area contributed by atoms with Crippen LogP contribution in [-0.4, -0.2) is 35.4 Å². The standard InChI is InChI=1S/C17H27N3O/c1-6-18-16-8-14(7-15(19-16)11(2)3)17(21)20-9-12(4)13(5)10-20/h7-8,11-13H,6,9-10H2,1-5H3,(H,18,19). The van der Waals surface area contributed by atoms with Crippen molar-refractivity contribution in [3.05, 3.63) is 23.4 Å². The minimum atomic E-state index is 0.134. The van der Waals surface area contributed by atoms with Crippen molar-refractivity contribution in [2.24, 2.45) is 11.8 Å². The minimum Gasteiger partial charge on any atom is -0.370 e. The Kier molecular flexibility index (Phi) is 4.86. The Morgan fingerprint density at radius 3 is 2.48 bits per heavy atom. The first-order valence-corrected chi connectivity index (χ1v) is 7.97. The molecule has 0 radical (unpaired) electrons. The van der Waals surface area contributed by atoms with Crippen molar-refractivity contribution in [2.75, 3.05) is 25.0 Å². The molecule has 2 unspecified atom stereocenters. The van der Waals surface area contributed by atoms with E-state index in [1.165, 1.54) is 0 Å². The van der Waals surface area contributed by atoms with Crippen LogP contribution >= 0.6 is 0 Å². The number of aromatic nitrogens is 1. The molecule has 4 heteroatoms. The van der Waals surface area contributed by atoms with E-state index in [1.807, 2.05) is 24.0 Å². The first-order chi connectivity index (χ1) is 9.92. The van der Waals surface area contributed by atoms with Crippen LogP contribution in [-0.2, 0) is 0 Å². The molecule has 116 valence electrons. The van der Waals surface area contributed by atoms with Crippen molar-refractivity contribution < 1.29 is 4.79 Å². The number of carbonyl (C=O) groups is 1. The van der Waals surface area contributed by atoms with Crippen molar-refractivity contribution >= 4 is 11.7 Å². The Morgan fingerprint density at radius 1 is 1.33 bits per heavy atom. The minimum absolute atomic E-state index is 0.134. The molecule has 0 aliphatic carbocycles.